The monoisotopic (exact) mass is 497 g/mol. The minimum Gasteiger partial charge on any atom is -0.392 e. The normalized spacial score (nSPS) is 9.33. The Kier molecular flexibility index (Phi) is 9.81. The summed E-state index contributed by atoms with van der Waals surface area (Å²) < 4.78 is 13.3. The van der Waals surface area contributed by atoms with E-state index >= 15 is 0 Å². The van der Waals surface area contributed by atoms with Gasteiger partial charge in [-0.2, -0.15) is 6.07 Å². The van der Waals surface area contributed by atoms with E-state index in [-0.39, 0.29) is 59.4 Å². The summed E-state index contributed by atoms with van der Waals surface area (Å²) in [6.45, 7) is 1.73. The van der Waals surface area contributed by atoms with Crippen molar-refractivity contribution in [2.24, 2.45) is 0 Å². The molecule has 0 spiro atoms. The molecule has 0 saturated heterocycles. The summed E-state index contributed by atoms with van der Waals surface area (Å²) in [6.07, 6.45) is 4.06. The van der Waals surface area contributed by atoms with Gasteiger partial charge in [0.15, 0.2) is 11.0 Å². The molecule has 0 atom stereocenters. The third-order valence-corrected chi connectivity index (χ3v) is 3.12. The molecular formula is C14H11Cl2FN4O2Pr-2. The molecule has 3 amide bonds. The van der Waals surface area contributed by atoms with Gasteiger partial charge in [0.25, 0.3) is 5.91 Å². The first-order valence-corrected chi connectivity index (χ1v) is 6.61. The van der Waals surface area contributed by atoms with E-state index in [0.29, 0.717) is 11.3 Å². The van der Waals surface area contributed by atoms with Crippen molar-refractivity contribution in [2.75, 3.05) is 5.32 Å². The predicted octanol–water partition coefficient (Wildman–Crippen LogP) is 3.44. The number of nitrogens with zero attached hydrogens (tertiary/aromatic N) is 2. The number of carbonyl (C=O) groups is 2. The number of aromatic nitrogens is 2. The smallest absolute Gasteiger partial charge is 0.324 e. The molecule has 0 aromatic carbocycles. The van der Waals surface area contributed by atoms with E-state index in [1.54, 1.807) is 13.0 Å². The van der Waals surface area contributed by atoms with E-state index in [9.17, 15) is 14.0 Å². The third kappa shape index (κ3) is 5.88. The molecule has 0 aliphatic rings. The minimum absolute atomic E-state index is 0. The zero-order valence-electron chi connectivity index (χ0n) is 12.7. The van der Waals surface area contributed by atoms with Crippen LogP contribution in [0.2, 0.25) is 10.3 Å². The Balaban J connectivity index is 0.00000264. The summed E-state index contributed by atoms with van der Waals surface area (Å²) in [5.74, 6) is -1.85. The van der Waals surface area contributed by atoms with Crippen molar-refractivity contribution in [1.29, 1.82) is 0 Å². The Labute approximate surface area is 181 Å². The van der Waals surface area contributed by atoms with Crippen LogP contribution in [-0.2, 0) is 0 Å². The topological polar surface area (TPSA) is 84.0 Å². The zero-order chi connectivity index (χ0) is 16.3. The van der Waals surface area contributed by atoms with Crippen LogP contribution in [0.5, 0.6) is 0 Å². The predicted molar refractivity (Wildman–Crippen MR) is 84.9 cm³/mol. The number of imide groups is 1. The van der Waals surface area contributed by atoms with Gasteiger partial charge in [-0.1, -0.05) is 42.5 Å². The van der Waals surface area contributed by atoms with E-state index in [1.807, 2.05) is 5.32 Å². The second kappa shape index (κ2) is 10.2. The van der Waals surface area contributed by atoms with Gasteiger partial charge in [0, 0.05) is 41.3 Å². The van der Waals surface area contributed by atoms with Crippen LogP contribution in [0.15, 0.2) is 18.3 Å². The maximum Gasteiger partial charge on any atom is 0.324 e. The number of amides is 3. The fraction of sp³-hybridized carbons (Fsp3) is 0.0714. The molecule has 0 fully saturated rings. The van der Waals surface area contributed by atoms with Crippen LogP contribution in [0.4, 0.5) is 14.9 Å². The summed E-state index contributed by atoms with van der Waals surface area (Å²) >= 11 is 11.1. The van der Waals surface area contributed by atoms with Crippen LogP contribution >= 0.6 is 23.2 Å². The van der Waals surface area contributed by atoms with Crippen LogP contribution in [0.3, 0.4) is 0 Å². The first kappa shape index (κ1) is 23.1. The molecule has 0 unspecified atom stereocenters. The molecule has 10 heteroatoms. The molecule has 2 rings (SSSR count). The molecule has 0 saturated carbocycles. The molecule has 24 heavy (non-hydrogen) atoms. The Hall–Kier alpha value is -0.886. The van der Waals surface area contributed by atoms with Crippen molar-refractivity contribution >= 4 is 40.8 Å². The van der Waals surface area contributed by atoms with E-state index < -0.39 is 22.9 Å². The van der Waals surface area contributed by atoms with Crippen LogP contribution in [0.25, 0.3) is 0 Å². The number of anilines is 1. The van der Waals surface area contributed by atoms with Gasteiger partial charge in [0.05, 0.1) is 5.56 Å². The third-order valence-electron chi connectivity index (χ3n) is 2.57. The van der Waals surface area contributed by atoms with Gasteiger partial charge in [-0.15, -0.1) is 5.56 Å². The fourth-order valence-electron chi connectivity index (χ4n) is 1.47. The maximum atomic E-state index is 13.3. The maximum absolute atomic E-state index is 13.3. The number of nitrogens with one attached hydrogen (secondary N) is 2. The molecule has 6 nitrogen and oxygen atoms in total. The van der Waals surface area contributed by atoms with Crippen molar-refractivity contribution in [1.82, 2.24) is 15.3 Å². The number of pyridine rings is 2. The van der Waals surface area contributed by atoms with Gasteiger partial charge in [-0.05, 0) is 11.8 Å². The fourth-order valence-corrected chi connectivity index (χ4v) is 1.88. The van der Waals surface area contributed by atoms with Gasteiger partial charge in [0.2, 0.25) is 0 Å². The largest absolute Gasteiger partial charge is 0.392 e. The molecule has 2 heterocycles. The quantitative estimate of drug-likeness (QED) is 0.491. The summed E-state index contributed by atoms with van der Waals surface area (Å²) in [5.41, 5.74) is 0.694. The van der Waals surface area contributed by atoms with Crippen LogP contribution in [-0.4, -0.2) is 21.9 Å². The van der Waals surface area contributed by atoms with E-state index in [1.165, 1.54) is 6.20 Å². The molecule has 2 N–H and O–H groups in total. The molecule has 1 radical (unpaired) electrons. The molecule has 0 aliphatic carbocycles. The van der Waals surface area contributed by atoms with Crippen molar-refractivity contribution in [3.63, 3.8) is 0 Å². The van der Waals surface area contributed by atoms with Crippen molar-refractivity contribution in [2.45, 2.75) is 6.92 Å². The van der Waals surface area contributed by atoms with E-state index in [0.717, 1.165) is 6.07 Å². The molecule has 0 bridgehead atoms. The Morgan fingerprint density at radius 3 is 2.58 bits per heavy atom. The number of urea groups is 1. The molecular weight excluding hydrogens is 487 g/mol. The van der Waals surface area contributed by atoms with Gasteiger partial charge in [0.1, 0.15) is 5.15 Å². The Morgan fingerprint density at radius 1 is 1.29 bits per heavy atom. The van der Waals surface area contributed by atoms with Gasteiger partial charge >= 0.3 is 6.03 Å². The number of halogens is 3. The Bertz CT molecular complexity index is 762. The summed E-state index contributed by atoms with van der Waals surface area (Å²) in [5, 5.41) is 3.59. The molecule has 0 aliphatic heterocycles. The van der Waals surface area contributed by atoms with Crippen molar-refractivity contribution < 1.29 is 55.3 Å². The minimum atomic E-state index is -0.924. The number of hydrogen-bond donors (Lipinski definition) is 2. The standard InChI is InChI=1S/C13H8Cl2FN4O2.CH3.Pr/c1-6-2-3-17-5-9(6)18-13(22)20-12(21)7-4-8(16)11(15)19-10(7)14;;/h2-4H,1H3,(H2,18,20,21,22);1H3;/q2*-1;. The first-order chi connectivity index (χ1) is 10.4. The first-order valence-electron chi connectivity index (χ1n) is 5.85. The zero-order valence-corrected chi connectivity index (χ0v) is 17.9. The molecule has 2 aromatic rings. The van der Waals surface area contributed by atoms with Crippen LogP contribution < -0.4 is 10.6 Å². The number of rotatable bonds is 2. The number of aryl methyl sites for hydroxylation is 1. The summed E-state index contributed by atoms with van der Waals surface area (Å²) in [7, 11) is 0. The summed E-state index contributed by atoms with van der Waals surface area (Å²) in [4.78, 5) is 30.8. The van der Waals surface area contributed by atoms with Crippen LogP contribution in [0, 0.1) is 67.7 Å². The molecule has 2 aromatic heterocycles. The number of carbonyl (C=O) groups excluding carboxylic acids is 2. The SMILES string of the molecule is Cc1ccn[c-]c1NC(=O)NC(=O)c1cc(F)c(Cl)nc1Cl.[CH3-].[Pr]. The van der Waals surface area contributed by atoms with Gasteiger partial charge < -0.3 is 17.7 Å². The number of hydrogen-bond acceptors (Lipinski definition) is 4. The van der Waals surface area contributed by atoms with Gasteiger partial charge in [-0.3, -0.25) is 10.1 Å². The summed E-state index contributed by atoms with van der Waals surface area (Å²) in [6, 6.07) is 1.61. The molecule has 125 valence electrons. The van der Waals surface area contributed by atoms with Crippen molar-refractivity contribution in [3.8, 4) is 0 Å². The van der Waals surface area contributed by atoms with E-state index in [2.05, 4.69) is 21.5 Å². The average molecular weight is 498 g/mol. The van der Waals surface area contributed by atoms with Crippen LogP contribution in [0.1, 0.15) is 15.9 Å². The van der Waals surface area contributed by atoms with Gasteiger partial charge in [-0.25, -0.2) is 14.2 Å². The Morgan fingerprint density at radius 2 is 1.96 bits per heavy atom. The van der Waals surface area contributed by atoms with Crippen molar-refractivity contribution in [3.05, 3.63) is 59.2 Å². The second-order valence-electron chi connectivity index (χ2n) is 4.12. The van der Waals surface area contributed by atoms with E-state index in [4.69, 9.17) is 23.2 Å². The average Bonchev–Trinajstić information content (AvgIpc) is 2.45. The second-order valence-corrected chi connectivity index (χ2v) is 4.84.